The van der Waals surface area contributed by atoms with Crippen LogP contribution in [0.4, 0.5) is 18.9 Å². The van der Waals surface area contributed by atoms with Crippen LogP contribution in [-0.2, 0) is 0 Å². The van der Waals surface area contributed by atoms with Crippen LogP contribution in [0.2, 0.25) is 0 Å². The minimum absolute atomic E-state index is 0.0349. The van der Waals surface area contributed by atoms with Crippen molar-refractivity contribution in [2.45, 2.75) is 6.36 Å². The highest BCUT2D eigenvalue weighted by molar-refractivity contribution is 5.56. The average molecular weight is 228 g/mol. The normalized spacial score (nSPS) is 10.1. The molecule has 0 N–H and O–H groups in total. The molecular formula is C8H3F3N4O. The van der Waals surface area contributed by atoms with Crippen molar-refractivity contribution in [2.75, 3.05) is 0 Å². The molecule has 0 aliphatic heterocycles. The molecule has 0 atom stereocenters. The molecule has 0 aliphatic rings. The molecule has 0 aliphatic carbocycles. The predicted molar refractivity (Wildman–Crippen MR) is 46.6 cm³/mol. The number of hydrogen-bond acceptors (Lipinski definition) is 3. The largest absolute Gasteiger partial charge is 0.573 e. The zero-order chi connectivity index (χ0) is 12.2. The van der Waals surface area contributed by atoms with Gasteiger partial charge in [-0.3, -0.25) is 0 Å². The van der Waals surface area contributed by atoms with Crippen molar-refractivity contribution < 1.29 is 17.9 Å². The zero-order valence-corrected chi connectivity index (χ0v) is 7.56. The SMILES string of the molecule is N#Cc1ccc(OC(F)(F)F)cc1N=[N+]=[N-]. The number of alkyl halides is 3. The molecule has 0 fully saturated rings. The van der Waals surface area contributed by atoms with E-state index in [0.717, 1.165) is 18.2 Å². The summed E-state index contributed by atoms with van der Waals surface area (Å²) in [7, 11) is 0. The van der Waals surface area contributed by atoms with Gasteiger partial charge >= 0.3 is 6.36 Å². The summed E-state index contributed by atoms with van der Waals surface area (Å²) in [5.41, 5.74) is 7.90. The van der Waals surface area contributed by atoms with Crippen molar-refractivity contribution in [3.05, 3.63) is 34.2 Å². The first kappa shape index (κ1) is 11.7. The Morgan fingerprint density at radius 3 is 2.62 bits per heavy atom. The van der Waals surface area contributed by atoms with Crippen LogP contribution >= 0.6 is 0 Å². The molecule has 1 aromatic carbocycles. The molecule has 0 unspecified atom stereocenters. The van der Waals surface area contributed by atoms with Crippen molar-refractivity contribution in [3.8, 4) is 11.8 Å². The summed E-state index contributed by atoms with van der Waals surface area (Å²) in [4.78, 5) is 2.39. The number of azide groups is 1. The van der Waals surface area contributed by atoms with Crippen molar-refractivity contribution in [1.29, 1.82) is 5.26 Å². The first-order chi connectivity index (χ1) is 7.46. The Bertz CT molecular complexity index is 485. The number of hydrogen-bond donors (Lipinski definition) is 0. The van der Waals surface area contributed by atoms with E-state index in [9.17, 15) is 13.2 Å². The Balaban J connectivity index is 3.13. The molecule has 82 valence electrons. The van der Waals surface area contributed by atoms with Crippen molar-refractivity contribution in [2.24, 2.45) is 5.11 Å². The third kappa shape index (κ3) is 3.08. The quantitative estimate of drug-likeness (QED) is 0.441. The molecule has 0 saturated heterocycles. The second kappa shape index (κ2) is 4.42. The van der Waals surface area contributed by atoms with Crippen LogP contribution in [0.25, 0.3) is 10.4 Å². The molecule has 1 aromatic rings. The molecule has 0 radical (unpaired) electrons. The van der Waals surface area contributed by atoms with Gasteiger partial charge in [-0.15, -0.1) is 13.2 Å². The highest BCUT2D eigenvalue weighted by atomic mass is 19.4. The van der Waals surface area contributed by atoms with Crippen LogP contribution < -0.4 is 4.74 Å². The van der Waals surface area contributed by atoms with E-state index in [0.29, 0.717) is 0 Å². The second-order valence-corrected chi connectivity index (χ2v) is 2.53. The molecule has 1 rings (SSSR count). The summed E-state index contributed by atoms with van der Waals surface area (Å²) >= 11 is 0. The van der Waals surface area contributed by atoms with E-state index < -0.39 is 12.1 Å². The average Bonchev–Trinajstić information content (AvgIpc) is 2.16. The number of nitrogens with zero attached hydrogens (tertiary/aromatic N) is 4. The van der Waals surface area contributed by atoms with Gasteiger partial charge in [-0.25, -0.2) is 0 Å². The van der Waals surface area contributed by atoms with Crippen LogP contribution in [0.5, 0.6) is 5.75 Å². The van der Waals surface area contributed by atoms with E-state index in [1.54, 1.807) is 6.07 Å². The fraction of sp³-hybridized carbons (Fsp3) is 0.125. The van der Waals surface area contributed by atoms with Crippen molar-refractivity contribution >= 4 is 5.69 Å². The lowest BCUT2D eigenvalue weighted by Crippen LogP contribution is -2.17. The summed E-state index contributed by atoms with van der Waals surface area (Å²) in [6.45, 7) is 0. The number of benzene rings is 1. The summed E-state index contributed by atoms with van der Waals surface area (Å²) in [5.74, 6) is -0.547. The van der Waals surface area contributed by atoms with Gasteiger partial charge in [0.2, 0.25) is 0 Å². The van der Waals surface area contributed by atoms with E-state index >= 15 is 0 Å². The van der Waals surface area contributed by atoms with E-state index in [1.807, 2.05) is 0 Å². The lowest BCUT2D eigenvalue weighted by molar-refractivity contribution is -0.274. The van der Waals surface area contributed by atoms with Gasteiger partial charge in [0.25, 0.3) is 0 Å². The van der Waals surface area contributed by atoms with Crippen LogP contribution in [0, 0.1) is 11.3 Å². The molecule has 16 heavy (non-hydrogen) atoms. The Hall–Kier alpha value is -2.39. The van der Waals surface area contributed by atoms with Crippen LogP contribution in [0.1, 0.15) is 5.56 Å². The standard InChI is InChI=1S/C8H3F3N4O/c9-8(10,11)16-6-2-1-5(4-12)7(3-6)14-15-13/h1-3H. The lowest BCUT2D eigenvalue weighted by atomic mass is 10.2. The molecule has 0 saturated carbocycles. The summed E-state index contributed by atoms with van der Waals surface area (Å²) in [6.07, 6.45) is -4.83. The van der Waals surface area contributed by atoms with Gasteiger partial charge in [0.1, 0.15) is 5.75 Å². The van der Waals surface area contributed by atoms with Gasteiger partial charge < -0.3 is 4.74 Å². The van der Waals surface area contributed by atoms with Crippen molar-refractivity contribution in [3.63, 3.8) is 0 Å². The zero-order valence-electron chi connectivity index (χ0n) is 7.56. The topological polar surface area (TPSA) is 81.8 Å². The first-order valence-electron chi connectivity index (χ1n) is 3.81. The Labute approximate surface area is 87.3 Å². The number of halogens is 3. The highest BCUT2D eigenvalue weighted by Crippen LogP contribution is 2.28. The maximum atomic E-state index is 11.9. The third-order valence-corrected chi connectivity index (χ3v) is 1.48. The van der Waals surface area contributed by atoms with Crippen LogP contribution in [0.3, 0.4) is 0 Å². The van der Waals surface area contributed by atoms with E-state index in [2.05, 4.69) is 14.8 Å². The van der Waals surface area contributed by atoms with Crippen molar-refractivity contribution in [1.82, 2.24) is 0 Å². The first-order valence-corrected chi connectivity index (χ1v) is 3.81. The van der Waals surface area contributed by atoms with Gasteiger partial charge in [-0.05, 0) is 23.7 Å². The number of ether oxygens (including phenoxy) is 1. The van der Waals surface area contributed by atoms with E-state index in [1.165, 1.54) is 0 Å². The maximum Gasteiger partial charge on any atom is 0.573 e. The fourth-order valence-electron chi connectivity index (χ4n) is 0.934. The minimum atomic E-state index is -4.83. The second-order valence-electron chi connectivity index (χ2n) is 2.53. The summed E-state index contributed by atoms with van der Waals surface area (Å²) in [5, 5.41) is 11.7. The monoisotopic (exact) mass is 228 g/mol. The van der Waals surface area contributed by atoms with Gasteiger partial charge in [-0.2, -0.15) is 5.26 Å². The van der Waals surface area contributed by atoms with Crippen LogP contribution in [0.15, 0.2) is 23.3 Å². The summed E-state index contributed by atoms with van der Waals surface area (Å²) < 4.78 is 39.1. The van der Waals surface area contributed by atoms with E-state index in [-0.39, 0.29) is 11.3 Å². The molecule has 0 amide bonds. The molecule has 5 nitrogen and oxygen atoms in total. The van der Waals surface area contributed by atoms with Gasteiger partial charge in [-0.1, -0.05) is 5.11 Å². The number of nitriles is 1. The van der Waals surface area contributed by atoms with Gasteiger partial charge in [0, 0.05) is 4.91 Å². The summed E-state index contributed by atoms with van der Waals surface area (Å²) in [6, 6.07) is 4.54. The minimum Gasteiger partial charge on any atom is -0.406 e. The molecule has 0 aromatic heterocycles. The Morgan fingerprint density at radius 1 is 1.44 bits per heavy atom. The number of rotatable bonds is 2. The predicted octanol–water partition coefficient (Wildman–Crippen LogP) is 3.40. The third-order valence-electron chi connectivity index (χ3n) is 1.48. The lowest BCUT2D eigenvalue weighted by Gasteiger charge is -2.09. The smallest absolute Gasteiger partial charge is 0.406 e. The van der Waals surface area contributed by atoms with Crippen LogP contribution in [-0.4, -0.2) is 6.36 Å². The molecule has 8 heteroatoms. The fourth-order valence-corrected chi connectivity index (χ4v) is 0.934. The molecule has 0 spiro atoms. The van der Waals surface area contributed by atoms with Gasteiger partial charge in [0.05, 0.1) is 17.3 Å². The van der Waals surface area contributed by atoms with E-state index in [4.69, 9.17) is 10.8 Å². The van der Waals surface area contributed by atoms with Gasteiger partial charge in [0.15, 0.2) is 0 Å². The Kier molecular flexibility index (Phi) is 3.23. The molecule has 0 heterocycles. The Morgan fingerprint density at radius 2 is 2.12 bits per heavy atom. The molecular weight excluding hydrogens is 225 g/mol. The maximum absolute atomic E-state index is 11.9. The molecule has 0 bridgehead atoms. The highest BCUT2D eigenvalue weighted by Gasteiger charge is 2.31.